The summed E-state index contributed by atoms with van der Waals surface area (Å²) in [7, 11) is 0. The van der Waals surface area contributed by atoms with Crippen LogP contribution >= 0.6 is 34.8 Å². The van der Waals surface area contributed by atoms with Gasteiger partial charge in [0.15, 0.2) is 5.82 Å². The Labute approximate surface area is 261 Å². The number of rotatable bonds is 7. The van der Waals surface area contributed by atoms with Crippen molar-refractivity contribution in [3.8, 4) is 0 Å². The first-order chi connectivity index (χ1) is 20.7. The highest BCUT2D eigenvalue weighted by Crippen LogP contribution is 2.65. The number of carbonyl (C=O) groups excluding carboxylic acids is 3. The van der Waals surface area contributed by atoms with Gasteiger partial charge in [0.05, 0.1) is 27.8 Å². The molecule has 45 heavy (non-hydrogen) atoms. The van der Waals surface area contributed by atoms with Gasteiger partial charge in [-0.2, -0.15) is 26.3 Å². The summed E-state index contributed by atoms with van der Waals surface area (Å²) in [5, 5.41) is 5.56. The predicted octanol–water partition coefficient (Wildman–Crippen LogP) is 8.45. The van der Waals surface area contributed by atoms with Crippen molar-refractivity contribution in [2.75, 3.05) is 16.0 Å². The van der Waals surface area contributed by atoms with Crippen LogP contribution in [0.3, 0.4) is 0 Å². The van der Waals surface area contributed by atoms with Crippen molar-refractivity contribution in [3.63, 3.8) is 0 Å². The normalized spacial score (nSPS) is 17.4. The Bertz CT molecular complexity index is 1700. The maximum atomic E-state index is 14.9. The van der Waals surface area contributed by atoms with Gasteiger partial charge in [-0.15, -0.1) is 23.2 Å². The third-order valence-corrected chi connectivity index (χ3v) is 7.66. The van der Waals surface area contributed by atoms with Crippen LogP contribution in [0.2, 0.25) is 5.02 Å². The number of carbonyl (C=O) groups is 3. The van der Waals surface area contributed by atoms with Crippen molar-refractivity contribution in [3.05, 3.63) is 87.7 Å². The molecule has 6 nitrogen and oxygen atoms in total. The molecular weight excluding hydrogens is 692 g/mol. The van der Waals surface area contributed by atoms with Crippen LogP contribution in [0.1, 0.15) is 33.8 Å². The second-order valence-corrected chi connectivity index (χ2v) is 11.5. The highest BCUT2D eigenvalue weighted by atomic mass is 35.5. The van der Waals surface area contributed by atoms with Gasteiger partial charge in [-0.05, 0) is 54.1 Å². The minimum Gasteiger partial charge on any atom is -0.326 e. The van der Waals surface area contributed by atoms with E-state index in [-0.39, 0.29) is 22.3 Å². The Balaban J connectivity index is 1.52. The summed E-state index contributed by atoms with van der Waals surface area (Å²) in [5.41, 5.74) is -4.18. The molecule has 0 aliphatic heterocycles. The molecule has 3 N–H and O–H groups in total. The molecule has 0 heterocycles. The highest BCUT2D eigenvalue weighted by molar-refractivity contribution is 6.53. The van der Waals surface area contributed by atoms with E-state index in [0.717, 1.165) is 18.2 Å². The molecule has 3 amide bonds. The van der Waals surface area contributed by atoms with E-state index in [1.165, 1.54) is 11.4 Å². The number of halogens is 12. The second-order valence-electron chi connectivity index (χ2n) is 9.66. The summed E-state index contributed by atoms with van der Waals surface area (Å²) in [6.45, 7) is 0. The van der Waals surface area contributed by atoms with Gasteiger partial charge in [0.2, 0.25) is 11.8 Å². The fraction of sp³-hybridized carbons (Fsp3) is 0.222. The van der Waals surface area contributed by atoms with Crippen molar-refractivity contribution in [2.45, 2.75) is 29.0 Å². The molecule has 0 bridgehead atoms. The lowest BCUT2D eigenvalue weighted by Crippen LogP contribution is -2.23. The van der Waals surface area contributed by atoms with Gasteiger partial charge in [-0.1, -0.05) is 11.6 Å². The maximum absolute atomic E-state index is 14.9. The molecule has 3 aromatic rings. The summed E-state index contributed by atoms with van der Waals surface area (Å²) in [5.74, 6) is -10.8. The number of amides is 3. The van der Waals surface area contributed by atoms with Crippen LogP contribution in [0.15, 0.2) is 48.5 Å². The van der Waals surface area contributed by atoms with E-state index in [9.17, 15) is 53.9 Å². The molecule has 240 valence electrons. The van der Waals surface area contributed by atoms with Crippen LogP contribution in [0, 0.1) is 23.4 Å². The zero-order valence-electron chi connectivity index (χ0n) is 21.7. The van der Waals surface area contributed by atoms with Crippen LogP contribution in [0.25, 0.3) is 0 Å². The van der Waals surface area contributed by atoms with E-state index < -0.39 is 92.6 Å². The summed E-state index contributed by atoms with van der Waals surface area (Å²) < 4.78 is 118. The van der Waals surface area contributed by atoms with E-state index in [2.05, 4.69) is 5.32 Å². The average Bonchev–Trinajstić information content (AvgIpc) is 3.49. The number of alkyl halides is 8. The van der Waals surface area contributed by atoms with Crippen molar-refractivity contribution in [1.82, 2.24) is 0 Å². The van der Waals surface area contributed by atoms with Gasteiger partial charge in [0, 0.05) is 11.6 Å². The number of hydrogen-bond acceptors (Lipinski definition) is 3. The standard InChI is InChI=1S/C27H15Cl3F9N3O3/c28-15-2-1-13(40-24(45)20-19(26(20,29)30)10-5-11(27(37,38)39)7-12(31)6-10)8-14(15)23(44)41-17-4-3-16(32)22(21(17)33)42-18(43)9-25(34,35)36/h1-8,19-20H,9H2,(H,40,45)(H,41,44)(H,42,43)/t19?,20-/m1/s1. The van der Waals surface area contributed by atoms with Gasteiger partial charge in [0.25, 0.3) is 5.91 Å². The lowest BCUT2D eigenvalue weighted by atomic mass is 10.0. The summed E-state index contributed by atoms with van der Waals surface area (Å²) in [6.07, 6.45) is -11.9. The summed E-state index contributed by atoms with van der Waals surface area (Å²) >= 11 is 18.4. The van der Waals surface area contributed by atoms with Crippen molar-refractivity contribution >= 4 is 69.6 Å². The van der Waals surface area contributed by atoms with Crippen molar-refractivity contribution in [2.24, 2.45) is 5.92 Å². The largest absolute Gasteiger partial charge is 0.416 e. The Morgan fingerprint density at radius 2 is 1.51 bits per heavy atom. The lowest BCUT2D eigenvalue weighted by molar-refractivity contribution is -0.150. The Kier molecular flexibility index (Phi) is 9.31. The van der Waals surface area contributed by atoms with Crippen molar-refractivity contribution < 1.29 is 53.9 Å². The van der Waals surface area contributed by atoms with Gasteiger partial charge in [-0.3, -0.25) is 14.4 Å². The number of nitrogens with one attached hydrogen (secondary N) is 3. The van der Waals surface area contributed by atoms with Gasteiger partial charge in [-0.25, -0.2) is 13.2 Å². The van der Waals surface area contributed by atoms with E-state index in [1.54, 1.807) is 0 Å². The first-order valence-corrected chi connectivity index (χ1v) is 13.3. The fourth-order valence-corrected chi connectivity index (χ4v) is 5.37. The third kappa shape index (κ3) is 7.76. The first-order valence-electron chi connectivity index (χ1n) is 12.2. The Morgan fingerprint density at radius 3 is 2.13 bits per heavy atom. The average molecular weight is 707 g/mol. The van der Waals surface area contributed by atoms with Crippen LogP contribution in [0.4, 0.5) is 56.6 Å². The van der Waals surface area contributed by atoms with Gasteiger partial charge < -0.3 is 16.0 Å². The molecule has 1 saturated carbocycles. The molecule has 0 saturated heterocycles. The van der Waals surface area contributed by atoms with Crippen LogP contribution in [0.5, 0.6) is 0 Å². The smallest absolute Gasteiger partial charge is 0.326 e. The predicted molar refractivity (Wildman–Crippen MR) is 146 cm³/mol. The monoisotopic (exact) mass is 705 g/mol. The molecule has 18 heteroatoms. The van der Waals surface area contributed by atoms with Crippen LogP contribution in [-0.2, 0) is 15.8 Å². The topological polar surface area (TPSA) is 87.3 Å². The van der Waals surface area contributed by atoms with E-state index in [4.69, 9.17) is 34.8 Å². The Hall–Kier alpha value is -3.69. The highest BCUT2D eigenvalue weighted by Gasteiger charge is 2.67. The molecule has 0 aromatic heterocycles. The minimum absolute atomic E-state index is 0.126. The first kappa shape index (κ1) is 34.2. The molecule has 1 fully saturated rings. The van der Waals surface area contributed by atoms with Gasteiger partial charge >= 0.3 is 12.4 Å². The van der Waals surface area contributed by atoms with E-state index in [1.807, 2.05) is 5.32 Å². The SMILES string of the molecule is O=C(CC(F)(F)F)Nc1c(F)ccc(NC(=O)c2cc(NC(=O)[C@H]3C(c4cc(F)cc(C(F)(F)F)c4)C3(Cl)Cl)ccc2Cl)c1F. The molecule has 0 spiro atoms. The van der Waals surface area contributed by atoms with E-state index >= 15 is 0 Å². The summed E-state index contributed by atoms with van der Waals surface area (Å²) in [6, 6.07) is 6.21. The summed E-state index contributed by atoms with van der Waals surface area (Å²) in [4.78, 5) is 37.4. The zero-order valence-corrected chi connectivity index (χ0v) is 24.0. The van der Waals surface area contributed by atoms with Crippen molar-refractivity contribution in [1.29, 1.82) is 0 Å². The zero-order chi connectivity index (χ0) is 33.6. The molecule has 1 aliphatic rings. The van der Waals surface area contributed by atoms with E-state index in [0.29, 0.717) is 18.2 Å². The molecule has 3 aromatic carbocycles. The van der Waals surface area contributed by atoms with Gasteiger partial charge in [0.1, 0.15) is 28.1 Å². The second kappa shape index (κ2) is 12.2. The molecule has 1 aliphatic carbocycles. The molecular formula is C27H15Cl3F9N3O3. The third-order valence-electron chi connectivity index (χ3n) is 6.39. The Morgan fingerprint density at radius 1 is 0.844 bits per heavy atom. The quantitative estimate of drug-likeness (QED) is 0.170. The lowest BCUT2D eigenvalue weighted by Gasteiger charge is -2.14. The number of benzene rings is 3. The van der Waals surface area contributed by atoms with Crippen LogP contribution in [-0.4, -0.2) is 28.2 Å². The van der Waals surface area contributed by atoms with Crippen LogP contribution < -0.4 is 16.0 Å². The minimum atomic E-state index is -4.97. The maximum Gasteiger partial charge on any atom is 0.416 e. The molecule has 0 radical (unpaired) electrons. The molecule has 2 atom stereocenters. The number of anilines is 3. The molecule has 1 unspecified atom stereocenters. The molecule has 4 rings (SSSR count). The fourth-order valence-electron chi connectivity index (χ4n) is 4.34. The number of hydrogen-bond donors (Lipinski definition) is 3.